The number of hydrogen-bond donors (Lipinski definition) is 1. The smallest absolute Gasteiger partial charge is 0.193 e. The van der Waals surface area contributed by atoms with E-state index in [1.807, 2.05) is 0 Å². The zero-order chi connectivity index (χ0) is 13.7. The molecule has 1 aliphatic carbocycles. The molecule has 2 fully saturated rings. The van der Waals surface area contributed by atoms with Crippen molar-refractivity contribution in [1.29, 1.82) is 0 Å². The van der Waals surface area contributed by atoms with E-state index in [1.165, 1.54) is 38.8 Å². The summed E-state index contributed by atoms with van der Waals surface area (Å²) in [6, 6.07) is 0. The van der Waals surface area contributed by atoms with Crippen molar-refractivity contribution >= 4 is 29.9 Å². The van der Waals surface area contributed by atoms with Crippen molar-refractivity contribution in [3.63, 3.8) is 0 Å². The Labute approximate surface area is 141 Å². The quantitative estimate of drug-likeness (QED) is 0.336. The zero-order valence-corrected chi connectivity index (χ0v) is 15.7. The Morgan fingerprint density at radius 3 is 2.55 bits per heavy atom. The second-order valence-corrected chi connectivity index (χ2v) is 6.42. The number of likely N-dealkylation sites (tertiary alicyclic amines) is 1. The van der Waals surface area contributed by atoms with Crippen LogP contribution >= 0.6 is 24.0 Å². The van der Waals surface area contributed by atoms with Crippen molar-refractivity contribution in [2.45, 2.75) is 39.0 Å². The van der Waals surface area contributed by atoms with Crippen molar-refractivity contribution < 1.29 is 0 Å². The van der Waals surface area contributed by atoms with Gasteiger partial charge >= 0.3 is 0 Å². The fourth-order valence-electron chi connectivity index (χ4n) is 3.20. The number of nitrogens with one attached hydrogen (secondary N) is 1. The van der Waals surface area contributed by atoms with Gasteiger partial charge in [-0.1, -0.05) is 6.42 Å². The van der Waals surface area contributed by atoms with Crippen LogP contribution in [-0.2, 0) is 0 Å². The summed E-state index contributed by atoms with van der Waals surface area (Å²) >= 11 is 0. The van der Waals surface area contributed by atoms with E-state index in [0.29, 0.717) is 5.41 Å². The summed E-state index contributed by atoms with van der Waals surface area (Å²) in [5.41, 5.74) is 0.653. The molecule has 0 unspecified atom stereocenters. The summed E-state index contributed by atoms with van der Waals surface area (Å²) in [6.07, 6.45) is 6.81. The Kier molecular flexibility index (Phi) is 7.58. The molecule has 0 aromatic heterocycles. The molecule has 0 atom stereocenters. The molecule has 1 aliphatic heterocycles. The minimum atomic E-state index is 0. The third-order valence-electron chi connectivity index (χ3n) is 4.51. The highest BCUT2D eigenvalue weighted by atomic mass is 127. The van der Waals surface area contributed by atoms with Crippen LogP contribution in [0.3, 0.4) is 0 Å². The van der Waals surface area contributed by atoms with Gasteiger partial charge in [-0.15, -0.1) is 24.0 Å². The summed E-state index contributed by atoms with van der Waals surface area (Å²) in [5.74, 6) is 1.14. The maximum Gasteiger partial charge on any atom is 0.193 e. The molecule has 0 bridgehead atoms. The van der Waals surface area contributed by atoms with Gasteiger partial charge in [0.05, 0.1) is 0 Å². The Hall–Kier alpha value is -0.0400. The summed E-state index contributed by atoms with van der Waals surface area (Å²) in [6.45, 7) is 7.60. The molecule has 118 valence electrons. The molecular formula is C15H31IN4. The van der Waals surface area contributed by atoms with E-state index in [-0.39, 0.29) is 24.0 Å². The summed E-state index contributed by atoms with van der Waals surface area (Å²) in [5, 5.41) is 3.46. The molecule has 0 amide bonds. The highest BCUT2D eigenvalue weighted by molar-refractivity contribution is 14.0. The maximum atomic E-state index is 4.80. The van der Waals surface area contributed by atoms with E-state index in [4.69, 9.17) is 4.99 Å². The first-order chi connectivity index (χ1) is 9.15. The number of halogens is 1. The molecule has 20 heavy (non-hydrogen) atoms. The topological polar surface area (TPSA) is 30.9 Å². The first-order valence-corrected chi connectivity index (χ1v) is 7.83. The maximum absolute atomic E-state index is 4.80. The van der Waals surface area contributed by atoms with Gasteiger partial charge in [0, 0.05) is 26.2 Å². The Balaban J connectivity index is 0.00000200. The van der Waals surface area contributed by atoms with Gasteiger partial charge in [-0.05, 0) is 58.7 Å². The van der Waals surface area contributed by atoms with E-state index < -0.39 is 0 Å². The molecule has 1 spiro atoms. The SMILES string of the molecule is CCNC(=NCCCN(C)C)N1CCC2(CCC2)C1.I. The molecule has 1 saturated heterocycles. The number of hydrogen-bond acceptors (Lipinski definition) is 2. The lowest BCUT2D eigenvalue weighted by Crippen LogP contribution is -2.42. The molecule has 4 nitrogen and oxygen atoms in total. The van der Waals surface area contributed by atoms with Crippen LogP contribution in [0.5, 0.6) is 0 Å². The number of aliphatic imine (C=N–C) groups is 1. The molecule has 5 heteroatoms. The van der Waals surface area contributed by atoms with Crippen molar-refractivity contribution in [2.24, 2.45) is 10.4 Å². The van der Waals surface area contributed by atoms with Gasteiger partial charge in [-0.25, -0.2) is 0 Å². The molecular weight excluding hydrogens is 363 g/mol. The van der Waals surface area contributed by atoms with Crippen LogP contribution in [0.4, 0.5) is 0 Å². The second kappa shape index (κ2) is 8.41. The van der Waals surface area contributed by atoms with Gasteiger partial charge in [-0.3, -0.25) is 4.99 Å². The van der Waals surface area contributed by atoms with Gasteiger partial charge in [0.2, 0.25) is 0 Å². The molecule has 1 N–H and O–H groups in total. The number of guanidine groups is 1. The van der Waals surface area contributed by atoms with E-state index in [9.17, 15) is 0 Å². The molecule has 1 heterocycles. The van der Waals surface area contributed by atoms with Gasteiger partial charge < -0.3 is 15.1 Å². The lowest BCUT2D eigenvalue weighted by Gasteiger charge is -2.38. The van der Waals surface area contributed by atoms with Crippen LogP contribution in [0.1, 0.15) is 39.0 Å². The highest BCUT2D eigenvalue weighted by Crippen LogP contribution is 2.47. The van der Waals surface area contributed by atoms with Crippen LogP contribution in [0.15, 0.2) is 4.99 Å². The fraction of sp³-hybridized carbons (Fsp3) is 0.933. The average molecular weight is 394 g/mol. The van der Waals surface area contributed by atoms with E-state index >= 15 is 0 Å². The van der Waals surface area contributed by atoms with Crippen LogP contribution in [0.25, 0.3) is 0 Å². The second-order valence-electron chi connectivity index (χ2n) is 6.42. The standard InChI is InChI=1S/C15H30N4.HI/c1-4-16-14(17-10-6-11-18(2)3)19-12-9-15(13-19)7-5-8-15;/h4-13H2,1-3H3,(H,16,17);1H. The molecule has 2 aliphatic rings. The average Bonchev–Trinajstić information content (AvgIpc) is 2.78. The molecule has 1 saturated carbocycles. The molecule has 2 rings (SSSR count). The van der Waals surface area contributed by atoms with Gasteiger partial charge in [0.15, 0.2) is 5.96 Å². The minimum Gasteiger partial charge on any atom is -0.357 e. The normalized spacial score (nSPS) is 21.0. The van der Waals surface area contributed by atoms with Gasteiger partial charge in [0.25, 0.3) is 0 Å². The predicted molar refractivity (Wildman–Crippen MR) is 97.0 cm³/mol. The predicted octanol–water partition coefficient (Wildman–Crippen LogP) is 2.40. The Morgan fingerprint density at radius 2 is 2.05 bits per heavy atom. The number of rotatable bonds is 5. The van der Waals surface area contributed by atoms with Crippen LogP contribution in [0.2, 0.25) is 0 Å². The fourth-order valence-corrected chi connectivity index (χ4v) is 3.20. The largest absolute Gasteiger partial charge is 0.357 e. The Bertz CT molecular complexity index is 313. The van der Waals surface area contributed by atoms with E-state index in [2.05, 4.69) is 36.1 Å². The van der Waals surface area contributed by atoms with Crippen molar-refractivity contribution in [3.8, 4) is 0 Å². The minimum absolute atomic E-state index is 0. The first-order valence-electron chi connectivity index (χ1n) is 7.83. The van der Waals surface area contributed by atoms with Crippen LogP contribution in [-0.4, -0.2) is 62.6 Å². The van der Waals surface area contributed by atoms with Gasteiger partial charge in [0.1, 0.15) is 0 Å². The Morgan fingerprint density at radius 1 is 1.30 bits per heavy atom. The lowest BCUT2D eigenvalue weighted by molar-refractivity contribution is 0.151. The highest BCUT2D eigenvalue weighted by Gasteiger charge is 2.43. The summed E-state index contributed by atoms with van der Waals surface area (Å²) in [4.78, 5) is 9.50. The van der Waals surface area contributed by atoms with E-state index in [1.54, 1.807) is 0 Å². The van der Waals surface area contributed by atoms with E-state index in [0.717, 1.165) is 32.0 Å². The van der Waals surface area contributed by atoms with Crippen LogP contribution < -0.4 is 5.32 Å². The van der Waals surface area contributed by atoms with Crippen molar-refractivity contribution in [3.05, 3.63) is 0 Å². The van der Waals surface area contributed by atoms with Crippen molar-refractivity contribution in [2.75, 3.05) is 46.8 Å². The zero-order valence-electron chi connectivity index (χ0n) is 13.3. The molecule has 0 aromatic rings. The molecule has 0 radical (unpaired) electrons. The molecule has 0 aromatic carbocycles. The van der Waals surface area contributed by atoms with Crippen LogP contribution in [0, 0.1) is 5.41 Å². The summed E-state index contributed by atoms with van der Waals surface area (Å²) in [7, 11) is 4.24. The monoisotopic (exact) mass is 394 g/mol. The lowest BCUT2D eigenvalue weighted by atomic mass is 9.68. The van der Waals surface area contributed by atoms with Gasteiger partial charge in [-0.2, -0.15) is 0 Å². The number of nitrogens with zero attached hydrogens (tertiary/aromatic N) is 3. The summed E-state index contributed by atoms with van der Waals surface area (Å²) < 4.78 is 0. The van der Waals surface area contributed by atoms with Crippen molar-refractivity contribution in [1.82, 2.24) is 15.1 Å². The third-order valence-corrected chi connectivity index (χ3v) is 4.51. The third kappa shape index (κ3) is 4.76. The first kappa shape index (κ1) is 18.0.